The number of nitriles is 1. The molecule has 0 fully saturated rings. The maximum Gasteiger partial charge on any atom is 0.334 e. The highest BCUT2D eigenvalue weighted by Crippen LogP contribution is 2.22. The van der Waals surface area contributed by atoms with Crippen LogP contribution in [0.1, 0.15) is 16.8 Å². The molecule has 0 N–H and O–H groups in total. The molecule has 0 radical (unpaired) electrons. The van der Waals surface area contributed by atoms with Crippen LogP contribution < -0.4 is 5.69 Å². The summed E-state index contributed by atoms with van der Waals surface area (Å²) in [6.07, 6.45) is 6.44. The van der Waals surface area contributed by atoms with Gasteiger partial charge in [0.15, 0.2) is 5.65 Å². The highest BCUT2D eigenvalue weighted by molar-refractivity contribution is 5.62. The van der Waals surface area contributed by atoms with E-state index >= 15 is 0 Å². The molecule has 0 saturated carbocycles. The number of fused-ring (bicyclic) bond motifs is 1. The molecule has 0 unspecified atom stereocenters. The SMILES string of the molecule is Cc1cn2c(=O)n(Cc3ccc(-c4cnn(C)c4)cc3F)cc(C#N)c2n1. The first kappa shape index (κ1) is 16.7. The minimum atomic E-state index is -0.427. The van der Waals surface area contributed by atoms with Gasteiger partial charge in [-0.1, -0.05) is 12.1 Å². The molecule has 0 spiro atoms. The minimum absolute atomic E-state index is 0.0137. The number of halogens is 1. The number of benzene rings is 1. The van der Waals surface area contributed by atoms with E-state index in [4.69, 9.17) is 0 Å². The lowest BCUT2D eigenvalue weighted by molar-refractivity contribution is 0.592. The van der Waals surface area contributed by atoms with Gasteiger partial charge in [-0.3, -0.25) is 9.25 Å². The number of aromatic nitrogens is 5. The van der Waals surface area contributed by atoms with Crippen molar-refractivity contribution in [1.29, 1.82) is 5.26 Å². The van der Waals surface area contributed by atoms with Crippen molar-refractivity contribution < 1.29 is 4.39 Å². The first-order valence-corrected chi connectivity index (χ1v) is 8.23. The summed E-state index contributed by atoms with van der Waals surface area (Å²) < 4.78 is 18.9. The Balaban J connectivity index is 1.75. The summed E-state index contributed by atoms with van der Waals surface area (Å²) in [5, 5.41) is 13.4. The van der Waals surface area contributed by atoms with Crippen molar-refractivity contribution in [3.63, 3.8) is 0 Å². The quantitative estimate of drug-likeness (QED) is 0.560. The summed E-state index contributed by atoms with van der Waals surface area (Å²) in [5.41, 5.74) is 2.69. The second-order valence-electron chi connectivity index (χ2n) is 6.35. The molecular weight excluding hydrogens is 347 g/mol. The Morgan fingerprint density at radius 1 is 1.22 bits per heavy atom. The lowest BCUT2D eigenvalue weighted by Gasteiger charge is -2.09. The van der Waals surface area contributed by atoms with Crippen molar-refractivity contribution >= 4 is 5.65 Å². The van der Waals surface area contributed by atoms with Gasteiger partial charge in [0.2, 0.25) is 0 Å². The van der Waals surface area contributed by atoms with Gasteiger partial charge in [-0.2, -0.15) is 10.4 Å². The predicted molar refractivity (Wildman–Crippen MR) is 96.6 cm³/mol. The zero-order chi connectivity index (χ0) is 19.1. The number of aryl methyl sites for hydroxylation is 2. The molecule has 0 atom stereocenters. The summed E-state index contributed by atoms with van der Waals surface area (Å²) in [4.78, 5) is 16.9. The van der Waals surface area contributed by atoms with Gasteiger partial charge in [-0.15, -0.1) is 0 Å². The van der Waals surface area contributed by atoms with Crippen LogP contribution in [-0.4, -0.2) is 23.7 Å². The number of imidazole rings is 1. The fourth-order valence-corrected chi connectivity index (χ4v) is 3.04. The van der Waals surface area contributed by atoms with Crippen LogP contribution >= 0.6 is 0 Å². The number of rotatable bonds is 3. The normalized spacial score (nSPS) is 11.0. The molecule has 0 bridgehead atoms. The molecule has 0 aliphatic rings. The molecule has 1 aromatic carbocycles. The van der Waals surface area contributed by atoms with Gasteiger partial charge < -0.3 is 0 Å². The molecule has 27 heavy (non-hydrogen) atoms. The Bertz CT molecular complexity index is 1270. The topological polar surface area (TPSA) is 80.9 Å². The average molecular weight is 362 g/mol. The van der Waals surface area contributed by atoms with Gasteiger partial charge >= 0.3 is 5.69 Å². The lowest BCUT2D eigenvalue weighted by Crippen LogP contribution is -2.27. The van der Waals surface area contributed by atoms with Crippen LogP contribution in [-0.2, 0) is 13.6 Å². The Labute approximate surface area is 153 Å². The van der Waals surface area contributed by atoms with Crippen LogP contribution in [0.4, 0.5) is 4.39 Å². The van der Waals surface area contributed by atoms with E-state index < -0.39 is 5.82 Å². The molecule has 0 aliphatic carbocycles. The van der Waals surface area contributed by atoms with Crippen LogP contribution in [0.15, 0.2) is 47.8 Å². The van der Waals surface area contributed by atoms with Crippen molar-refractivity contribution in [2.24, 2.45) is 7.05 Å². The maximum absolute atomic E-state index is 14.6. The molecule has 3 aromatic heterocycles. The van der Waals surface area contributed by atoms with Gasteiger partial charge in [0.25, 0.3) is 0 Å². The van der Waals surface area contributed by atoms with E-state index in [9.17, 15) is 14.4 Å². The Hall–Kier alpha value is -3.73. The number of hydrogen-bond acceptors (Lipinski definition) is 4. The van der Waals surface area contributed by atoms with Gasteiger partial charge in [-0.05, 0) is 18.6 Å². The van der Waals surface area contributed by atoms with Gasteiger partial charge in [0.1, 0.15) is 17.4 Å². The minimum Gasteiger partial charge on any atom is -0.294 e. The molecular formula is C19H15FN6O. The molecule has 3 heterocycles. The van der Waals surface area contributed by atoms with E-state index in [-0.39, 0.29) is 17.8 Å². The van der Waals surface area contributed by atoms with Crippen LogP contribution in [0.25, 0.3) is 16.8 Å². The molecule has 7 nitrogen and oxygen atoms in total. The van der Waals surface area contributed by atoms with Gasteiger partial charge in [0, 0.05) is 36.8 Å². The highest BCUT2D eigenvalue weighted by atomic mass is 19.1. The van der Waals surface area contributed by atoms with Crippen molar-refractivity contribution in [3.05, 3.63) is 76.1 Å². The van der Waals surface area contributed by atoms with E-state index in [2.05, 4.69) is 10.1 Å². The lowest BCUT2D eigenvalue weighted by atomic mass is 10.1. The largest absolute Gasteiger partial charge is 0.334 e. The fourth-order valence-electron chi connectivity index (χ4n) is 3.04. The molecule has 0 amide bonds. The van der Waals surface area contributed by atoms with Crippen LogP contribution in [0, 0.1) is 24.1 Å². The van der Waals surface area contributed by atoms with Gasteiger partial charge in [0.05, 0.1) is 18.4 Å². The number of hydrogen-bond donors (Lipinski definition) is 0. The molecule has 4 aromatic rings. The maximum atomic E-state index is 14.6. The van der Waals surface area contributed by atoms with Crippen molar-refractivity contribution in [2.45, 2.75) is 13.5 Å². The van der Waals surface area contributed by atoms with Crippen LogP contribution in [0.3, 0.4) is 0 Å². The zero-order valence-electron chi connectivity index (χ0n) is 14.7. The number of nitrogens with zero attached hydrogens (tertiary/aromatic N) is 6. The molecule has 134 valence electrons. The third-order valence-corrected chi connectivity index (χ3v) is 4.36. The average Bonchev–Trinajstić information content (AvgIpc) is 3.25. The second-order valence-corrected chi connectivity index (χ2v) is 6.35. The standard InChI is InChI=1S/C19H15FN6O/c1-12-8-26-18(23-12)15(6-21)11-25(19(26)27)10-14-4-3-13(5-17(14)20)16-7-22-24(2)9-16/h3-5,7-9,11H,10H2,1-2H3. The third-order valence-electron chi connectivity index (χ3n) is 4.36. The monoisotopic (exact) mass is 362 g/mol. The Morgan fingerprint density at radius 2 is 2.04 bits per heavy atom. The third kappa shape index (κ3) is 2.89. The smallest absolute Gasteiger partial charge is 0.294 e. The Morgan fingerprint density at radius 3 is 2.70 bits per heavy atom. The zero-order valence-corrected chi connectivity index (χ0v) is 14.7. The first-order valence-electron chi connectivity index (χ1n) is 8.23. The summed E-state index contributed by atoms with van der Waals surface area (Å²) in [6, 6.07) is 6.88. The summed E-state index contributed by atoms with van der Waals surface area (Å²) in [5.74, 6) is -0.427. The van der Waals surface area contributed by atoms with Crippen molar-refractivity contribution in [2.75, 3.05) is 0 Å². The van der Waals surface area contributed by atoms with E-state index in [1.165, 1.54) is 21.2 Å². The molecule has 0 saturated heterocycles. The van der Waals surface area contributed by atoms with Crippen LogP contribution in [0.5, 0.6) is 0 Å². The molecule has 0 aliphatic heterocycles. The van der Waals surface area contributed by atoms with E-state index in [1.54, 1.807) is 49.4 Å². The van der Waals surface area contributed by atoms with Crippen LogP contribution in [0.2, 0.25) is 0 Å². The van der Waals surface area contributed by atoms with E-state index in [0.29, 0.717) is 22.5 Å². The summed E-state index contributed by atoms with van der Waals surface area (Å²) in [7, 11) is 1.79. The fraction of sp³-hybridized carbons (Fsp3) is 0.158. The first-order chi connectivity index (χ1) is 13.0. The Kier molecular flexibility index (Phi) is 3.85. The summed E-state index contributed by atoms with van der Waals surface area (Å²) in [6.45, 7) is 1.76. The second kappa shape index (κ2) is 6.21. The molecule has 8 heteroatoms. The summed E-state index contributed by atoms with van der Waals surface area (Å²) >= 11 is 0. The van der Waals surface area contributed by atoms with E-state index in [1.807, 2.05) is 6.07 Å². The predicted octanol–water partition coefficient (Wildman–Crippen LogP) is 2.26. The van der Waals surface area contributed by atoms with Crippen molar-refractivity contribution in [3.8, 4) is 17.2 Å². The molecule has 4 rings (SSSR count). The van der Waals surface area contributed by atoms with Gasteiger partial charge in [-0.25, -0.2) is 18.6 Å². The highest BCUT2D eigenvalue weighted by Gasteiger charge is 2.13. The van der Waals surface area contributed by atoms with E-state index in [0.717, 1.165) is 5.56 Å². The van der Waals surface area contributed by atoms with Crippen molar-refractivity contribution in [1.82, 2.24) is 23.7 Å².